The van der Waals surface area contributed by atoms with Crippen LogP contribution in [-0.4, -0.2) is 23.1 Å². The molecule has 0 aromatic heterocycles. The highest BCUT2D eigenvalue weighted by molar-refractivity contribution is 5.90. The third kappa shape index (κ3) is 2.01. The number of rotatable bonds is 2. The Bertz CT molecular complexity index is 431. The van der Waals surface area contributed by atoms with Crippen LogP contribution in [0.5, 0.6) is 5.75 Å². The van der Waals surface area contributed by atoms with Gasteiger partial charge >= 0.3 is 11.7 Å². The Morgan fingerprint density at radius 3 is 2.67 bits per heavy atom. The number of phenolic OH excluding ortho intramolecular Hbond substituents is 1. The van der Waals surface area contributed by atoms with Crippen LogP contribution in [0.1, 0.15) is 10.4 Å². The van der Waals surface area contributed by atoms with Gasteiger partial charge in [-0.05, 0) is 0 Å². The van der Waals surface area contributed by atoms with Crippen molar-refractivity contribution >= 4 is 11.7 Å². The summed E-state index contributed by atoms with van der Waals surface area (Å²) in [7, 11) is 1.01. The number of hydrogen-bond acceptors (Lipinski definition) is 5. The lowest BCUT2D eigenvalue weighted by Crippen LogP contribution is -2.05. The van der Waals surface area contributed by atoms with Gasteiger partial charge in [0.1, 0.15) is 11.4 Å². The van der Waals surface area contributed by atoms with E-state index in [0.29, 0.717) is 12.1 Å². The van der Waals surface area contributed by atoms with Crippen molar-refractivity contribution in [3.8, 4) is 5.75 Å². The third-order valence-electron chi connectivity index (χ3n) is 1.67. The van der Waals surface area contributed by atoms with Crippen LogP contribution < -0.4 is 0 Å². The van der Waals surface area contributed by atoms with Crippen molar-refractivity contribution in [1.82, 2.24) is 0 Å². The molecule has 0 radical (unpaired) electrons. The van der Waals surface area contributed by atoms with Gasteiger partial charge in [0.25, 0.3) is 0 Å². The molecule has 0 aliphatic rings. The van der Waals surface area contributed by atoms with E-state index in [-0.39, 0.29) is 0 Å². The number of carbonyl (C=O) groups excluding carboxylic acids is 1. The summed E-state index contributed by atoms with van der Waals surface area (Å²) in [4.78, 5) is 20.4. The minimum Gasteiger partial charge on any atom is -0.502 e. The Balaban J connectivity index is 3.36. The van der Waals surface area contributed by atoms with E-state index < -0.39 is 33.7 Å². The summed E-state index contributed by atoms with van der Waals surface area (Å²) in [5.74, 6) is -2.97. The van der Waals surface area contributed by atoms with E-state index >= 15 is 0 Å². The Kier molecular flexibility index (Phi) is 2.84. The van der Waals surface area contributed by atoms with Gasteiger partial charge in [-0.15, -0.1) is 0 Å². The average molecular weight is 215 g/mol. The fourth-order valence-electron chi connectivity index (χ4n) is 0.964. The van der Waals surface area contributed by atoms with Crippen molar-refractivity contribution in [2.24, 2.45) is 0 Å². The van der Waals surface area contributed by atoms with Gasteiger partial charge in [-0.2, -0.15) is 0 Å². The van der Waals surface area contributed by atoms with Crippen molar-refractivity contribution < 1.29 is 24.0 Å². The predicted molar refractivity (Wildman–Crippen MR) is 46.1 cm³/mol. The van der Waals surface area contributed by atoms with E-state index in [9.17, 15) is 19.3 Å². The summed E-state index contributed by atoms with van der Waals surface area (Å²) in [6.45, 7) is 0. The van der Waals surface area contributed by atoms with Crippen LogP contribution in [0.2, 0.25) is 0 Å². The highest BCUT2D eigenvalue weighted by Crippen LogP contribution is 2.28. The normalized spacial score (nSPS) is 9.73. The van der Waals surface area contributed by atoms with Crippen molar-refractivity contribution in [2.75, 3.05) is 7.11 Å². The Morgan fingerprint density at radius 2 is 2.20 bits per heavy atom. The van der Waals surface area contributed by atoms with E-state index in [2.05, 4.69) is 4.74 Å². The molecule has 1 aromatic carbocycles. The summed E-state index contributed by atoms with van der Waals surface area (Å²) in [6.07, 6.45) is 0. The van der Waals surface area contributed by atoms with Crippen LogP contribution in [0, 0.1) is 15.9 Å². The van der Waals surface area contributed by atoms with Crippen LogP contribution in [0.4, 0.5) is 10.1 Å². The highest BCUT2D eigenvalue weighted by atomic mass is 19.1. The van der Waals surface area contributed by atoms with Gasteiger partial charge in [-0.3, -0.25) is 10.1 Å². The molecule has 15 heavy (non-hydrogen) atoms. The van der Waals surface area contributed by atoms with Gasteiger partial charge < -0.3 is 9.84 Å². The maximum atomic E-state index is 13.0. The first-order valence-electron chi connectivity index (χ1n) is 3.72. The number of esters is 1. The van der Waals surface area contributed by atoms with E-state index in [4.69, 9.17) is 5.11 Å². The second-order valence-electron chi connectivity index (χ2n) is 2.57. The standard InChI is InChI=1S/C8H6FNO5/c1-15-8(12)4-2-6(10(13)14)7(11)3-5(4)9/h2-3,11H,1H3. The Morgan fingerprint density at radius 1 is 1.60 bits per heavy atom. The molecule has 0 fully saturated rings. The first kappa shape index (κ1) is 10.9. The number of methoxy groups -OCH3 is 1. The molecular formula is C8H6FNO5. The zero-order valence-corrected chi connectivity index (χ0v) is 7.56. The van der Waals surface area contributed by atoms with E-state index in [1.807, 2.05) is 0 Å². The third-order valence-corrected chi connectivity index (χ3v) is 1.67. The van der Waals surface area contributed by atoms with Crippen molar-refractivity contribution in [3.05, 3.63) is 33.6 Å². The molecule has 0 amide bonds. The van der Waals surface area contributed by atoms with Gasteiger partial charge in [0.05, 0.1) is 12.0 Å². The number of halogens is 1. The predicted octanol–water partition coefficient (Wildman–Crippen LogP) is 1.23. The molecule has 1 rings (SSSR count). The lowest BCUT2D eigenvalue weighted by molar-refractivity contribution is -0.385. The monoisotopic (exact) mass is 215 g/mol. The van der Waals surface area contributed by atoms with Crippen LogP contribution >= 0.6 is 0 Å². The Hall–Kier alpha value is -2.18. The zero-order chi connectivity index (χ0) is 11.6. The lowest BCUT2D eigenvalue weighted by atomic mass is 10.2. The number of hydrogen-bond donors (Lipinski definition) is 1. The molecule has 1 aromatic rings. The molecule has 0 atom stereocenters. The maximum Gasteiger partial charge on any atom is 0.341 e. The quantitative estimate of drug-likeness (QED) is 0.455. The molecular weight excluding hydrogens is 209 g/mol. The maximum absolute atomic E-state index is 13.0. The van der Waals surface area contributed by atoms with Crippen LogP contribution in [0.15, 0.2) is 12.1 Å². The summed E-state index contributed by atoms with van der Waals surface area (Å²) in [5.41, 5.74) is -1.35. The van der Waals surface area contributed by atoms with Gasteiger partial charge in [0, 0.05) is 12.1 Å². The molecule has 0 aliphatic carbocycles. The van der Waals surface area contributed by atoms with Crippen LogP contribution in [0.25, 0.3) is 0 Å². The number of carbonyl (C=O) groups is 1. The summed E-state index contributed by atoms with van der Waals surface area (Å²) in [5, 5.41) is 19.4. The first-order chi connectivity index (χ1) is 6.97. The molecule has 0 saturated carbocycles. The smallest absolute Gasteiger partial charge is 0.341 e. The molecule has 0 unspecified atom stereocenters. The topological polar surface area (TPSA) is 89.7 Å². The van der Waals surface area contributed by atoms with Crippen LogP contribution in [0.3, 0.4) is 0 Å². The van der Waals surface area contributed by atoms with Gasteiger partial charge in [-0.25, -0.2) is 9.18 Å². The van der Waals surface area contributed by atoms with Crippen molar-refractivity contribution in [3.63, 3.8) is 0 Å². The number of phenols is 1. The first-order valence-corrected chi connectivity index (χ1v) is 3.72. The van der Waals surface area contributed by atoms with Crippen LogP contribution in [-0.2, 0) is 4.74 Å². The molecule has 0 spiro atoms. The van der Waals surface area contributed by atoms with E-state index in [1.165, 1.54) is 0 Å². The zero-order valence-electron chi connectivity index (χ0n) is 7.56. The highest BCUT2D eigenvalue weighted by Gasteiger charge is 2.22. The fraction of sp³-hybridized carbons (Fsp3) is 0.125. The minimum absolute atomic E-state index is 0.490. The van der Waals surface area contributed by atoms with Gasteiger partial charge in [0.2, 0.25) is 0 Å². The molecule has 0 bridgehead atoms. The molecule has 1 N–H and O–H groups in total. The number of benzene rings is 1. The second-order valence-corrected chi connectivity index (χ2v) is 2.57. The number of ether oxygens (including phenoxy) is 1. The molecule has 7 heteroatoms. The number of nitro benzene ring substituents is 1. The molecule has 0 heterocycles. The van der Waals surface area contributed by atoms with E-state index in [0.717, 1.165) is 7.11 Å². The molecule has 0 aliphatic heterocycles. The molecule has 0 saturated heterocycles. The van der Waals surface area contributed by atoms with Gasteiger partial charge in [0.15, 0.2) is 5.75 Å². The summed E-state index contributed by atoms with van der Waals surface area (Å²) in [6, 6.07) is 1.11. The summed E-state index contributed by atoms with van der Waals surface area (Å²) >= 11 is 0. The van der Waals surface area contributed by atoms with Gasteiger partial charge in [-0.1, -0.05) is 0 Å². The lowest BCUT2D eigenvalue weighted by Gasteiger charge is -2.02. The van der Waals surface area contributed by atoms with Crippen molar-refractivity contribution in [1.29, 1.82) is 0 Å². The average Bonchev–Trinajstić information content (AvgIpc) is 2.16. The molecule has 6 nitrogen and oxygen atoms in total. The SMILES string of the molecule is COC(=O)c1cc([N+](=O)[O-])c(O)cc1F. The number of nitro groups is 1. The summed E-state index contributed by atoms with van der Waals surface area (Å²) < 4.78 is 17.3. The minimum atomic E-state index is -1.08. The van der Waals surface area contributed by atoms with E-state index in [1.54, 1.807) is 0 Å². The fourth-order valence-corrected chi connectivity index (χ4v) is 0.964. The molecule has 80 valence electrons. The number of aromatic hydroxyl groups is 1. The largest absolute Gasteiger partial charge is 0.502 e. The Labute approximate surface area is 83.0 Å². The second kappa shape index (κ2) is 3.91. The van der Waals surface area contributed by atoms with Crippen molar-refractivity contribution in [2.45, 2.75) is 0 Å². The number of nitrogens with zero attached hydrogens (tertiary/aromatic N) is 1.